The van der Waals surface area contributed by atoms with Crippen molar-refractivity contribution in [1.29, 1.82) is 0 Å². The van der Waals surface area contributed by atoms with Gasteiger partial charge in [0.1, 0.15) is 5.75 Å². The van der Waals surface area contributed by atoms with Crippen LogP contribution in [0.1, 0.15) is 31.0 Å². The Labute approximate surface area is 147 Å². The van der Waals surface area contributed by atoms with Gasteiger partial charge in [0.2, 0.25) is 0 Å². The minimum Gasteiger partial charge on any atom is -0.497 e. The van der Waals surface area contributed by atoms with Crippen molar-refractivity contribution in [1.82, 2.24) is 5.32 Å². The van der Waals surface area contributed by atoms with Crippen LogP contribution in [0.4, 0.5) is 5.69 Å². The molecule has 2 aromatic rings. The van der Waals surface area contributed by atoms with E-state index >= 15 is 0 Å². The van der Waals surface area contributed by atoms with Crippen molar-refractivity contribution in [2.24, 2.45) is 0 Å². The van der Waals surface area contributed by atoms with Crippen LogP contribution in [0.5, 0.6) is 5.75 Å². The van der Waals surface area contributed by atoms with Gasteiger partial charge < -0.3 is 15.0 Å². The summed E-state index contributed by atoms with van der Waals surface area (Å²) in [5, 5.41) is 4.90. The van der Waals surface area contributed by atoms with Gasteiger partial charge in [0.05, 0.1) is 13.2 Å². The summed E-state index contributed by atoms with van der Waals surface area (Å²) in [6, 6.07) is 14.2. The molecule has 1 aliphatic rings. The number of anilines is 1. The maximum atomic E-state index is 6.24. The van der Waals surface area contributed by atoms with E-state index in [0.29, 0.717) is 0 Å². The molecule has 120 valence electrons. The number of ether oxygens (including phenoxy) is 1. The first-order valence-electron chi connectivity index (χ1n) is 7.54. The Balaban J connectivity index is 2.09. The lowest BCUT2D eigenvalue weighted by Crippen LogP contribution is -2.49. The molecule has 1 heterocycles. The molecule has 1 unspecified atom stereocenters. The maximum Gasteiger partial charge on any atom is 0.174 e. The van der Waals surface area contributed by atoms with E-state index in [1.54, 1.807) is 7.11 Å². The molecule has 0 aromatic heterocycles. The van der Waals surface area contributed by atoms with Gasteiger partial charge in [-0.2, -0.15) is 0 Å². The number of methoxy groups -OCH3 is 1. The number of halogens is 1. The lowest BCUT2D eigenvalue weighted by atomic mass is 9.94. The topological polar surface area (TPSA) is 24.5 Å². The molecule has 0 aliphatic carbocycles. The van der Waals surface area contributed by atoms with Gasteiger partial charge in [-0.25, -0.2) is 0 Å². The second-order valence-corrected chi connectivity index (χ2v) is 6.65. The molecule has 0 radical (unpaired) electrons. The number of nitrogens with zero attached hydrogens (tertiary/aromatic N) is 1. The largest absolute Gasteiger partial charge is 0.497 e. The number of rotatable bonds is 3. The van der Waals surface area contributed by atoms with Crippen LogP contribution in [0.15, 0.2) is 42.5 Å². The number of hydrogen-bond acceptors (Lipinski definition) is 2. The SMILES string of the molecule is COc1ccc(C2NC(=S)N(C(C)C)c3ccc(Cl)cc32)cc1. The first-order valence-corrected chi connectivity index (χ1v) is 8.33. The van der Waals surface area contributed by atoms with Gasteiger partial charge in [-0.05, 0) is 62.0 Å². The summed E-state index contributed by atoms with van der Waals surface area (Å²) in [5.41, 5.74) is 3.36. The number of hydrogen-bond donors (Lipinski definition) is 1. The van der Waals surface area contributed by atoms with Crippen LogP contribution in [0.3, 0.4) is 0 Å². The van der Waals surface area contributed by atoms with Gasteiger partial charge in [-0.1, -0.05) is 23.7 Å². The minimum atomic E-state index is -0.0166. The monoisotopic (exact) mass is 346 g/mol. The number of fused-ring (bicyclic) bond motifs is 1. The van der Waals surface area contributed by atoms with E-state index in [1.807, 2.05) is 30.3 Å². The molecule has 5 heteroatoms. The van der Waals surface area contributed by atoms with Gasteiger partial charge in [-0.15, -0.1) is 0 Å². The van der Waals surface area contributed by atoms with Gasteiger partial charge in [-0.3, -0.25) is 0 Å². The average Bonchev–Trinajstić information content (AvgIpc) is 2.54. The molecule has 0 saturated carbocycles. The van der Waals surface area contributed by atoms with Crippen LogP contribution in [-0.4, -0.2) is 18.3 Å². The maximum absolute atomic E-state index is 6.24. The Kier molecular flexibility index (Phi) is 4.46. The van der Waals surface area contributed by atoms with Gasteiger partial charge in [0.15, 0.2) is 5.11 Å². The van der Waals surface area contributed by atoms with Crippen LogP contribution in [0.2, 0.25) is 5.02 Å². The Morgan fingerprint density at radius 2 is 1.87 bits per heavy atom. The molecule has 0 amide bonds. The predicted octanol–water partition coefficient (Wildman–Crippen LogP) is 4.54. The van der Waals surface area contributed by atoms with Gasteiger partial charge in [0, 0.05) is 22.3 Å². The molecule has 1 atom stereocenters. The van der Waals surface area contributed by atoms with Gasteiger partial charge >= 0.3 is 0 Å². The Bertz CT molecular complexity index is 730. The fourth-order valence-electron chi connectivity index (χ4n) is 2.93. The molecule has 1 N–H and O–H groups in total. The fourth-order valence-corrected chi connectivity index (χ4v) is 3.54. The predicted molar refractivity (Wildman–Crippen MR) is 99.6 cm³/mol. The molecule has 3 nitrogen and oxygen atoms in total. The second kappa shape index (κ2) is 6.38. The highest BCUT2D eigenvalue weighted by Gasteiger charge is 2.30. The Hall–Kier alpha value is -1.78. The molecular weight excluding hydrogens is 328 g/mol. The van der Waals surface area contributed by atoms with Crippen LogP contribution in [-0.2, 0) is 0 Å². The third-order valence-electron chi connectivity index (χ3n) is 4.01. The molecule has 0 fully saturated rings. The number of thiocarbonyl (C=S) groups is 1. The lowest BCUT2D eigenvalue weighted by molar-refractivity contribution is 0.414. The number of benzene rings is 2. The highest BCUT2D eigenvalue weighted by atomic mass is 35.5. The van der Waals surface area contributed by atoms with Crippen molar-refractivity contribution in [3.05, 3.63) is 58.6 Å². The molecule has 3 rings (SSSR count). The van der Waals surface area contributed by atoms with Gasteiger partial charge in [0.25, 0.3) is 0 Å². The van der Waals surface area contributed by atoms with Crippen molar-refractivity contribution < 1.29 is 4.74 Å². The summed E-state index contributed by atoms with van der Waals surface area (Å²) in [7, 11) is 1.67. The van der Waals surface area contributed by atoms with Crippen molar-refractivity contribution >= 4 is 34.6 Å². The summed E-state index contributed by atoms with van der Waals surface area (Å²) >= 11 is 11.8. The van der Waals surface area contributed by atoms with Crippen molar-refractivity contribution in [3.8, 4) is 5.75 Å². The first kappa shape index (κ1) is 16.1. The summed E-state index contributed by atoms with van der Waals surface area (Å²) in [6.07, 6.45) is 0. The highest BCUT2D eigenvalue weighted by molar-refractivity contribution is 7.80. The van der Waals surface area contributed by atoms with E-state index in [4.69, 9.17) is 28.6 Å². The number of nitrogens with one attached hydrogen (secondary N) is 1. The van der Waals surface area contributed by atoms with Crippen LogP contribution >= 0.6 is 23.8 Å². The molecule has 23 heavy (non-hydrogen) atoms. The van der Waals surface area contributed by atoms with Crippen LogP contribution in [0.25, 0.3) is 0 Å². The zero-order valence-corrected chi connectivity index (χ0v) is 14.9. The standard InChI is InChI=1S/C18H19ClN2OS/c1-11(2)21-16-9-6-13(19)10-15(16)17(20-18(21)23)12-4-7-14(22-3)8-5-12/h4-11,17H,1-3H3,(H,20,23). The normalized spacial score (nSPS) is 17.0. The highest BCUT2D eigenvalue weighted by Crippen LogP contribution is 2.38. The quantitative estimate of drug-likeness (QED) is 0.824. The van der Waals surface area contributed by atoms with Crippen LogP contribution in [0, 0.1) is 0 Å². The third-order valence-corrected chi connectivity index (χ3v) is 4.56. The molecular formula is C18H19ClN2OS. The van der Waals surface area contributed by atoms with E-state index in [0.717, 1.165) is 32.7 Å². The first-order chi connectivity index (χ1) is 11.0. The van der Waals surface area contributed by atoms with E-state index in [9.17, 15) is 0 Å². The summed E-state index contributed by atoms with van der Waals surface area (Å²) in [5.74, 6) is 0.835. The Morgan fingerprint density at radius 1 is 1.17 bits per heavy atom. The van der Waals surface area contributed by atoms with E-state index in [1.165, 1.54) is 0 Å². The van der Waals surface area contributed by atoms with Crippen molar-refractivity contribution in [3.63, 3.8) is 0 Å². The summed E-state index contributed by atoms with van der Waals surface area (Å²) in [4.78, 5) is 2.13. The van der Waals surface area contributed by atoms with Crippen molar-refractivity contribution in [2.45, 2.75) is 25.9 Å². The van der Waals surface area contributed by atoms with E-state index in [2.05, 4.69) is 36.2 Å². The Morgan fingerprint density at radius 3 is 2.48 bits per heavy atom. The average molecular weight is 347 g/mol. The molecule has 0 bridgehead atoms. The zero-order valence-electron chi connectivity index (χ0n) is 13.3. The second-order valence-electron chi connectivity index (χ2n) is 5.82. The summed E-state index contributed by atoms with van der Waals surface area (Å²) in [6.45, 7) is 4.25. The fraction of sp³-hybridized carbons (Fsp3) is 0.278. The van der Waals surface area contributed by atoms with Crippen molar-refractivity contribution in [2.75, 3.05) is 12.0 Å². The smallest absolute Gasteiger partial charge is 0.174 e. The lowest BCUT2D eigenvalue weighted by Gasteiger charge is -2.40. The molecule has 1 aliphatic heterocycles. The molecule has 2 aromatic carbocycles. The minimum absolute atomic E-state index is 0.0166. The van der Waals surface area contributed by atoms with E-state index < -0.39 is 0 Å². The van der Waals surface area contributed by atoms with E-state index in [-0.39, 0.29) is 12.1 Å². The third kappa shape index (κ3) is 3.01. The zero-order chi connectivity index (χ0) is 16.6. The van der Waals surface area contributed by atoms with Crippen LogP contribution < -0.4 is 15.0 Å². The molecule has 0 saturated heterocycles. The summed E-state index contributed by atoms with van der Waals surface area (Å²) < 4.78 is 5.24. The molecule has 0 spiro atoms.